The Balaban J connectivity index is 3.09. The van der Waals surface area contributed by atoms with E-state index in [1.165, 1.54) is 0 Å². The van der Waals surface area contributed by atoms with Crippen LogP contribution in [-0.2, 0) is 0 Å². The summed E-state index contributed by atoms with van der Waals surface area (Å²) < 4.78 is 5.32. The molecule has 0 aliphatic heterocycles. The third-order valence-corrected chi connectivity index (χ3v) is 2.91. The number of thiol groups is 1. The first kappa shape index (κ1) is 12.5. The Labute approximate surface area is 102 Å². The number of ether oxygens (including phenoxy) is 1. The van der Waals surface area contributed by atoms with E-state index < -0.39 is 0 Å². The fourth-order valence-electron chi connectivity index (χ4n) is 1.38. The van der Waals surface area contributed by atoms with Crippen LogP contribution in [0.5, 0.6) is 5.75 Å². The number of nitrogens with zero attached hydrogens (tertiary/aromatic N) is 1. The molecule has 0 bridgehead atoms. The maximum atomic E-state index is 6.09. The second-order valence-corrected chi connectivity index (χ2v) is 4.27. The van der Waals surface area contributed by atoms with Crippen molar-refractivity contribution < 1.29 is 4.74 Å². The molecule has 0 spiro atoms. The van der Waals surface area contributed by atoms with Crippen LogP contribution in [0.3, 0.4) is 0 Å². The molecule has 0 saturated carbocycles. The Hall–Kier alpha value is -0.540. The van der Waals surface area contributed by atoms with E-state index in [2.05, 4.69) is 17.5 Å². The molecule has 0 aliphatic carbocycles. The Morgan fingerprint density at radius 1 is 1.47 bits per heavy atom. The zero-order chi connectivity index (χ0) is 11.4. The quantitative estimate of drug-likeness (QED) is 0.819. The van der Waals surface area contributed by atoms with Crippen LogP contribution in [0.4, 0.5) is 5.69 Å². The SMILES string of the molecule is COc1cc(C)c(Cl)cc1N(C)CCS. The lowest BCUT2D eigenvalue weighted by molar-refractivity contribution is 0.414. The predicted molar refractivity (Wildman–Crippen MR) is 69.9 cm³/mol. The Morgan fingerprint density at radius 2 is 2.13 bits per heavy atom. The minimum Gasteiger partial charge on any atom is -0.495 e. The van der Waals surface area contributed by atoms with Crippen LogP contribution in [0, 0.1) is 6.92 Å². The first-order valence-corrected chi connectivity index (χ1v) is 5.77. The lowest BCUT2D eigenvalue weighted by atomic mass is 10.2. The number of aryl methyl sites for hydroxylation is 1. The molecular formula is C11H16ClNOS. The maximum Gasteiger partial charge on any atom is 0.142 e. The van der Waals surface area contributed by atoms with Crippen molar-refractivity contribution in [2.45, 2.75) is 6.92 Å². The Bertz CT molecular complexity index is 344. The molecule has 84 valence electrons. The molecule has 1 aromatic rings. The van der Waals surface area contributed by atoms with Gasteiger partial charge in [0.25, 0.3) is 0 Å². The van der Waals surface area contributed by atoms with Crippen molar-refractivity contribution in [2.75, 3.05) is 31.4 Å². The van der Waals surface area contributed by atoms with Gasteiger partial charge < -0.3 is 9.64 Å². The highest BCUT2D eigenvalue weighted by Crippen LogP contribution is 2.32. The van der Waals surface area contributed by atoms with E-state index >= 15 is 0 Å². The predicted octanol–water partition coefficient (Wildman–Crippen LogP) is 3.02. The number of rotatable bonds is 4. The Kier molecular flexibility index (Phi) is 4.61. The van der Waals surface area contributed by atoms with Crippen molar-refractivity contribution in [1.29, 1.82) is 0 Å². The van der Waals surface area contributed by atoms with Gasteiger partial charge in [-0.3, -0.25) is 0 Å². The van der Waals surface area contributed by atoms with Crippen molar-refractivity contribution in [3.63, 3.8) is 0 Å². The zero-order valence-electron chi connectivity index (χ0n) is 9.25. The molecule has 0 aromatic heterocycles. The normalized spacial score (nSPS) is 10.2. The van der Waals surface area contributed by atoms with Gasteiger partial charge in [-0.15, -0.1) is 0 Å². The standard InChI is InChI=1S/C11H16ClNOS/c1-8-6-11(14-3)10(7-9(8)12)13(2)4-5-15/h6-7,15H,4-5H2,1-3H3. The molecule has 2 nitrogen and oxygen atoms in total. The molecule has 0 amide bonds. The molecule has 1 rings (SSSR count). The summed E-state index contributed by atoms with van der Waals surface area (Å²) in [5, 5.41) is 0.761. The minimum atomic E-state index is 0.761. The van der Waals surface area contributed by atoms with Crippen LogP contribution in [0.15, 0.2) is 12.1 Å². The van der Waals surface area contributed by atoms with Crippen molar-refractivity contribution in [3.8, 4) is 5.75 Å². The van der Waals surface area contributed by atoms with Crippen LogP contribution >= 0.6 is 24.2 Å². The molecule has 0 atom stereocenters. The van der Waals surface area contributed by atoms with E-state index in [1.54, 1.807) is 7.11 Å². The number of hydrogen-bond acceptors (Lipinski definition) is 3. The van der Waals surface area contributed by atoms with Crippen LogP contribution in [0.25, 0.3) is 0 Å². The fourth-order valence-corrected chi connectivity index (χ4v) is 1.83. The van der Waals surface area contributed by atoms with Crippen LogP contribution in [0.2, 0.25) is 5.02 Å². The smallest absolute Gasteiger partial charge is 0.142 e. The topological polar surface area (TPSA) is 12.5 Å². The number of anilines is 1. The van der Waals surface area contributed by atoms with Crippen LogP contribution in [0.1, 0.15) is 5.56 Å². The largest absolute Gasteiger partial charge is 0.495 e. The molecule has 15 heavy (non-hydrogen) atoms. The number of methoxy groups -OCH3 is 1. The molecule has 4 heteroatoms. The highest BCUT2D eigenvalue weighted by atomic mass is 35.5. The lowest BCUT2D eigenvalue weighted by Crippen LogP contribution is -2.20. The summed E-state index contributed by atoms with van der Waals surface area (Å²) in [6.45, 7) is 2.83. The van der Waals surface area contributed by atoms with Crippen molar-refractivity contribution in [1.82, 2.24) is 0 Å². The van der Waals surface area contributed by atoms with E-state index in [9.17, 15) is 0 Å². The summed E-state index contributed by atoms with van der Waals surface area (Å²) in [5.74, 6) is 1.65. The molecule has 0 fully saturated rings. The molecule has 0 saturated heterocycles. The van der Waals surface area contributed by atoms with Gasteiger partial charge in [-0.1, -0.05) is 11.6 Å². The number of halogens is 1. The van der Waals surface area contributed by atoms with E-state index in [4.69, 9.17) is 16.3 Å². The summed E-state index contributed by atoms with van der Waals surface area (Å²) in [4.78, 5) is 2.08. The van der Waals surface area contributed by atoms with Crippen molar-refractivity contribution >= 4 is 29.9 Å². The molecule has 0 radical (unpaired) electrons. The maximum absolute atomic E-state index is 6.09. The van der Waals surface area contributed by atoms with Gasteiger partial charge in [0.1, 0.15) is 5.75 Å². The van der Waals surface area contributed by atoms with E-state index in [1.807, 2.05) is 26.1 Å². The number of hydrogen-bond donors (Lipinski definition) is 1. The van der Waals surface area contributed by atoms with Gasteiger partial charge >= 0.3 is 0 Å². The van der Waals surface area contributed by atoms with Crippen molar-refractivity contribution in [2.24, 2.45) is 0 Å². The van der Waals surface area contributed by atoms with E-state index in [0.717, 1.165) is 34.3 Å². The van der Waals surface area contributed by atoms with Gasteiger partial charge in [-0.2, -0.15) is 12.6 Å². The second-order valence-electron chi connectivity index (χ2n) is 3.42. The lowest BCUT2D eigenvalue weighted by Gasteiger charge is -2.21. The van der Waals surface area contributed by atoms with Gasteiger partial charge in [0.05, 0.1) is 12.8 Å². The summed E-state index contributed by atoms with van der Waals surface area (Å²) in [7, 11) is 3.67. The second kappa shape index (κ2) is 5.52. The fraction of sp³-hybridized carbons (Fsp3) is 0.455. The van der Waals surface area contributed by atoms with Crippen molar-refractivity contribution in [3.05, 3.63) is 22.7 Å². The molecule has 0 aliphatic rings. The molecule has 0 heterocycles. The number of benzene rings is 1. The van der Waals surface area contributed by atoms with E-state index in [0.29, 0.717) is 0 Å². The Morgan fingerprint density at radius 3 is 2.67 bits per heavy atom. The van der Waals surface area contributed by atoms with Crippen LogP contribution in [-0.4, -0.2) is 26.5 Å². The van der Waals surface area contributed by atoms with Gasteiger partial charge in [0, 0.05) is 24.4 Å². The summed E-state index contributed by atoms with van der Waals surface area (Å²) >= 11 is 10.3. The molecule has 0 unspecified atom stereocenters. The average Bonchev–Trinajstić information content (AvgIpc) is 2.21. The average molecular weight is 246 g/mol. The summed E-state index contributed by atoms with van der Waals surface area (Å²) in [5.41, 5.74) is 2.03. The molecular weight excluding hydrogens is 230 g/mol. The van der Waals surface area contributed by atoms with E-state index in [-0.39, 0.29) is 0 Å². The first-order valence-electron chi connectivity index (χ1n) is 4.76. The van der Waals surface area contributed by atoms with Gasteiger partial charge in [-0.25, -0.2) is 0 Å². The van der Waals surface area contributed by atoms with Gasteiger partial charge in [-0.05, 0) is 24.6 Å². The highest BCUT2D eigenvalue weighted by Gasteiger charge is 2.10. The molecule has 0 N–H and O–H groups in total. The zero-order valence-corrected chi connectivity index (χ0v) is 10.9. The third-order valence-electron chi connectivity index (χ3n) is 2.31. The highest BCUT2D eigenvalue weighted by molar-refractivity contribution is 7.80. The van der Waals surface area contributed by atoms with Gasteiger partial charge in [0.15, 0.2) is 0 Å². The summed E-state index contributed by atoms with van der Waals surface area (Å²) in [6.07, 6.45) is 0. The molecule has 1 aromatic carbocycles. The summed E-state index contributed by atoms with van der Waals surface area (Å²) in [6, 6.07) is 3.88. The third kappa shape index (κ3) is 2.95. The monoisotopic (exact) mass is 245 g/mol. The minimum absolute atomic E-state index is 0.761. The first-order chi connectivity index (χ1) is 7.10. The van der Waals surface area contributed by atoms with Crippen LogP contribution < -0.4 is 9.64 Å². The van der Waals surface area contributed by atoms with Gasteiger partial charge in [0.2, 0.25) is 0 Å².